The van der Waals surface area contributed by atoms with Gasteiger partial charge in [0.2, 0.25) is 0 Å². The van der Waals surface area contributed by atoms with Crippen LogP contribution in [0.4, 0.5) is 10.1 Å². The van der Waals surface area contributed by atoms with Gasteiger partial charge in [0.1, 0.15) is 5.83 Å². The smallest absolute Gasteiger partial charge is 0.199 e. The van der Waals surface area contributed by atoms with E-state index in [0.29, 0.717) is 35.4 Å². The molecule has 3 nitrogen and oxygen atoms in total. The number of anilines is 1. The Hall–Kier alpha value is -2.88. The Labute approximate surface area is 165 Å². The second-order valence-corrected chi connectivity index (χ2v) is 7.69. The highest BCUT2D eigenvalue weighted by atomic mass is 19.1. The number of halogens is 1. The van der Waals surface area contributed by atoms with Crippen molar-refractivity contribution in [3.05, 3.63) is 81.2 Å². The van der Waals surface area contributed by atoms with E-state index < -0.39 is 0 Å². The molecule has 0 saturated heterocycles. The van der Waals surface area contributed by atoms with E-state index in [1.807, 2.05) is 34.9 Å². The van der Waals surface area contributed by atoms with Gasteiger partial charge < -0.3 is 9.88 Å². The quantitative estimate of drug-likeness (QED) is 0.819. The SMILES string of the molecule is C=C(C)c1cn(Cc2ccc(NC(=C)C(C)C)cc2)c2c(c1=O)=C(F)CCC=2. The summed E-state index contributed by atoms with van der Waals surface area (Å²) >= 11 is 0. The summed E-state index contributed by atoms with van der Waals surface area (Å²) in [5, 5.41) is 4.16. The van der Waals surface area contributed by atoms with Gasteiger partial charge in [-0.1, -0.05) is 45.2 Å². The molecule has 1 aromatic carbocycles. The van der Waals surface area contributed by atoms with Gasteiger partial charge in [-0.25, -0.2) is 4.39 Å². The molecule has 1 aliphatic carbocycles. The van der Waals surface area contributed by atoms with E-state index in [2.05, 4.69) is 32.3 Å². The molecule has 0 spiro atoms. The van der Waals surface area contributed by atoms with Crippen LogP contribution in [0, 0.1) is 5.92 Å². The van der Waals surface area contributed by atoms with Crippen molar-refractivity contribution in [1.82, 2.24) is 4.57 Å². The molecular weight excluding hydrogens is 351 g/mol. The Morgan fingerprint density at radius 2 is 1.93 bits per heavy atom. The molecule has 0 atom stereocenters. The van der Waals surface area contributed by atoms with Crippen LogP contribution < -0.4 is 21.3 Å². The summed E-state index contributed by atoms with van der Waals surface area (Å²) in [4.78, 5) is 12.7. The maximum Gasteiger partial charge on any atom is 0.199 e. The predicted molar refractivity (Wildman–Crippen MR) is 116 cm³/mol. The maximum atomic E-state index is 14.5. The molecule has 0 aliphatic heterocycles. The fourth-order valence-corrected chi connectivity index (χ4v) is 3.28. The number of allylic oxidation sites excluding steroid dienone is 2. The lowest BCUT2D eigenvalue weighted by Gasteiger charge is -2.16. The lowest BCUT2D eigenvalue weighted by molar-refractivity contribution is 0.675. The number of nitrogens with one attached hydrogen (secondary N) is 1. The minimum Gasteiger partial charge on any atom is -0.359 e. The van der Waals surface area contributed by atoms with Gasteiger partial charge >= 0.3 is 0 Å². The lowest BCUT2D eigenvalue weighted by Crippen LogP contribution is -2.48. The Morgan fingerprint density at radius 1 is 1.25 bits per heavy atom. The summed E-state index contributed by atoms with van der Waals surface area (Å²) in [5.41, 5.74) is 3.87. The minimum absolute atomic E-state index is 0.193. The molecule has 4 heteroatoms. The van der Waals surface area contributed by atoms with Crippen molar-refractivity contribution in [3.63, 3.8) is 0 Å². The van der Waals surface area contributed by atoms with Crippen LogP contribution in [0.15, 0.2) is 54.1 Å². The number of aromatic nitrogens is 1. The Kier molecular flexibility index (Phi) is 5.68. The van der Waals surface area contributed by atoms with Gasteiger partial charge in [-0.3, -0.25) is 4.79 Å². The van der Waals surface area contributed by atoms with Crippen molar-refractivity contribution < 1.29 is 4.39 Å². The molecule has 1 N–H and O–H groups in total. The molecule has 1 heterocycles. The third-order valence-corrected chi connectivity index (χ3v) is 5.06. The van der Waals surface area contributed by atoms with Crippen LogP contribution in [-0.4, -0.2) is 4.57 Å². The molecule has 0 unspecified atom stereocenters. The van der Waals surface area contributed by atoms with Crippen molar-refractivity contribution in [3.8, 4) is 0 Å². The van der Waals surface area contributed by atoms with Crippen molar-refractivity contribution in [2.75, 3.05) is 5.32 Å². The molecule has 2 aromatic rings. The second kappa shape index (κ2) is 8.01. The lowest BCUT2D eigenvalue weighted by atomic mass is 10.0. The van der Waals surface area contributed by atoms with E-state index in [9.17, 15) is 9.18 Å². The van der Waals surface area contributed by atoms with E-state index in [4.69, 9.17) is 0 Å². The average Bonchev–Trinajstić information content (AvgIpc) is 2.65. The Bertz CT molecular complexity index is 1110. The van der Waals surface area contributed by atoms with Crippen molar-refractivity contribution in [2.24, 2.45) is 5.92 Å². The maximum absolute atomic E-state index is 14.5. The second-order valence-electron chi connectivity index (χ2n) is 7.69. The highest BCUT2D eigenvalue weighted by Crippen LogP contribution is 2.16. The molecule has 146 valence electrons. The Morgan fingerprint density at radius 3 is 2.54 bits per heavy atom. The van der Waals surface area contributed by atoms with E-state index in [-0.39, 0.29) is 22.9 Å². The van der Waals surface area contributed by atoms with Crippen molar-refractivity contribution in [1.29, 1.82) is 0 Å². The summed E-state index contributed by atoms with van der Waals surface area (Å²) < 4.78 is 16.4. The first-order chi connectivity index (χ1) is 13.3. The summed E-state index contributed by atoms with van der Waals surface area (Å²) in [5.74, 6) is 0.0284. The first-order valence-corrected chi connectivity index (χ1v) is 9.61. The molecule has 0 fully saturated rings. The van der Waals surface area contributed by atoms with Gasteiger partial charge in [-0.2, -0.15) is 0 Å². The zero-order chi connectivity index (χ0) is 20.4. The number of hydrogen-bond acceptors (Lipinski definition) is 2. The van der Waals surface area contributed by atoms with Crippen LogP contribution in [-0.2, 0) is 6.54 Å². The molecule has 1 aromatic heterocycles. The van der Waals surface area contributed by atoms with E-state index in [1.54, 1.807) is 13.1 Å². The fraction of sp³-hybridized carbons (Fsp3) is 0.292. The molecule has 28 heavy (non-hydrogen) atoms. The zero-order valence-corrected chi connectivity index (χ0v) is 16.8. The van der Waals surface area contributed by atoms with Gasteiger partial charge in [0.25, 0.3) is 0 Å². The Balaban J connectivity index is 2.00. The number of hydrogen-bond donors (Lipinski definition) is 1. The average molecular weight is 378 g/mol. The highest BCUT2D eigenvalue weighted by Gasteiger charge is 2.14. The topological polar surface area (TPSA) is 34.0 Å². The number of rotatable bonds is 6. The van der Waals surface area contributed by atoms with Gasteiger partial charge in [-0.05, 0) is 42.5 Å². The minimum atomic E-state index is -0.328. The summed E-state index contributed by atoms with van der Waals surface area (Å²) in [6.45, 7) is 14.4. The molecule has 1 aliphatic rings. The number of fused-ring (bicyclic) bond motifs is 1. The molecule has 0 amide bonds. The standard InChI is InChI=1S/C24H27FN2O/c1-15(2)17(5)26-19-11-9-18(10-12-19)13-27-14-20(16(3)4)24(28)23-21(25)7-6-8-22(23)27/h8-12,14-15,26H,3,5-7,13H2,1-2,4H3. The largest absolute Gasteiger partial charge is 0.359 e. The van der Waals surface area contributed by atoms with Crippen LogP contribution in [0.25, 0.3) is 17.5 Å². The van der Waals surface area contributed by atoms with Crippen molar-refractivity contribution in [2.45, 2.75) is 40.2 Å². The van der Waals surface area contributed by atoms with Gasteiger partial charge in [0, 0.05) is 36.1 Å². The number of nitrogens with zero attached hydrogens (tertiary/aromatic N) is 1. The summed E-state index contributed by atoms with van der Waals surface area (Å²) in [6.07, 6.45) is 4.63. The summed E-state index contributed by atoms with van der Waals surface area (Å²) in [6, 6.07) is 8.08. The molecule has 0 radical (unpaired) electrons. The predicted octanol–water partition coefficient (Wildman–Crippen LogP) is 4.16. The normalized spacial score (nSPS) is 13.1. The van der Waals surface area contributed by atoms with E-state index >= 15 is 0 Å². The molecular formula is C24H27FN2O. The first kappa shape index (κ1) is 19.9. The van der Waals surface area contributed by atoms with E-state index in [0.717, 1.165) is 16.9 Å². The van der Waals surface area contributed by atoms with E-state index in [1.165, 1.54) is 0 Å². The fourth-order valence-electron chi connectivity index (χ4n) is 3.28. The first-order valence-electron chi connectivity index (χ1n) is 9.61. The molecule has 0 saturated carbocycles. The van der Waals surface area contributed by atoms with Gasteiger partial charge in [0.05, 0.1) is 10.6 Å². The van der Waals surface area contributed by atoms with Crippen LogP contribution in [0.3, 0.4) is 0 Å². The molecule has 3 rings (SSSR count). The van der Waals surface area contributed by atoms with Crippen LogP contribution in [0.5, 0.6) is 0 Å². The monoisotopic (exact) mass is 378 g/mol. The highest BCUT2D eigenvalue weighted by molar-refractivity contribution is 5.61. The van der Waals surface area contributed by atoms with Crippen molar-refractivity contribution >= 4 is 23.2 Å². The van der Waals surface area contributed by atoms with Crippen LogP contribution in [0.2, 0.25) is 0 Å². The van der Waals surface area contributed by atoms with Crippen LogP contribution in [0.1, 0.15) is 44.7 Å². The van der Waals surface area contributed by atoms with Gasteiger partial charge in [0.15, 0.2) is 5.43 Å². The van der Waals surface area contributed by atoms with Crippen LogP contribution >= 0.6 is 0 Å². The number of pyridine rings is 1. The summed E-state index contributed by atoms with van der Waals surface area (Å²) in [7, 11) is 0. The number of benzene rings is 1. The third kappa shape index (κ3) is 4.01. The zero-order valence-electron chi connectivity index (χ0n) is 16.8. The van der Waals surface area contributed by atoms with Gasteiger partial charge in [-0.15, -0.1) is 0 Å². The third-order valence-electron chi connectivity index (χ3n) is 5.06. The molecule has 0 bridgehead atoms.